The molecule has 4 saturated carbocycles. The Morgan fingerprint density at radius 2 is 1.57 bits per heavy atom. The molecule has 4 bridgehead atoms. The molecule has 4 aliphatic carbocycles. The molecule has 0 radical (unpaired) electrons. The molecular weight excluding hydrogens is 440 g/mol. The molecule has 1 atom stereocenters. The molecule has 186 valence electrons. The zero-order valence-electron chi connectivity index (χ0n) is 20.5. The summed E-state index contributed by atoms with van der Waals surface area (Å²) in [6, 6.07) is 17.0. The molecule has 2 N–H and O–H groups in total. The first-order chi connectivity index (χ1) is 17.0. The molecule has 4 aliphatic rings. The number of esters is 1. The fourth-order valence-electron chi connectivity index (χ4n) is 6.88. The molecule has 6 heteroatoms. The van der Waals surface area contributed by atoms with Crippen LogP contribution in [0.5, 0.6) is 5.75 Å². The molecule has 0 heterocycles. The summed E-state index contributed by atoms with van der Waals surface area (Å²) in [5.41, 5.74) is 1.55. The van der Waals surface area contributed by atoms with Crippen LogP contribution in [-0.2, 0) is 4.74 Å². The summed E-state index contributed by atoms with van der Waals surface area (Å²) >= 11 is 0. The highest BCUT2D eigenvalue weighted by Crippen LogP contribution is 2.55. The Hall–Kier alpha value is -3.02. The summed E-state index contributed by atoms with van der Waals surface area (Å²) in [5.74, 6) is 2.73. The standard InChI is InChI=1S/C29H36N2O4/c1-2-34-27(32)24-8-10-25(11-9-24)35-26(23-6-4-3-5-7-23)12-13-30-28(33)31-29-17-20-14-21(18-29)16-22(15-20)19-29/h3-11,20-22,26H,2,12-19H2,1H3,(H2,30,31,33)/t20?,21?,22?,26-,29?/m1/s1. The van der Waals surface area contributed by atoms with Gasteiger partial charge in [0.05, 0.1) is 12.2 Å². The van der Waals surface area contributed by atoms with Gasteiger partial charge in [-0.05, 0) is 93.0 Å². The van der Waals surface area contributed by atoms with Crippen molar-refractivity contribution in [3.8, 4) is 5.75 Å². The van der Waals surface area contributed by atoms with Crippen LogP contribution in [0.1, 0.15) is 73.9 Å². The largest absolute Gasteiger partial charge is 0.486 e. The van der Waals surface area contributed by atoms with Crippen molar-refractivity contribution in [1.29, 1.82) is 0 Å². The van der Waals surface area contributed by atoms with E-state index in [1.807, 2.05) is 30.3 Å². The number of hydrogen-bond donors (Lipinski definition) is 2. The van der Waals surface area contributed by atoms with Crippen LogP contribution in [0.25, 0.3) is 0 Å². The molecule has 0 aliphatic heterocycles. The lowest BCUT2D eigenvalue weighted by Gasteiger charge is -2.56. The Morgan fingerprint density at radius 3 is 2.17 bits per heavy atom. The molecule has 6 nitrogen and oxygen atoms in total. The van der Waals surface area contributed by atoms with Crippen molar-refractivity contribution in [3.05, 3.63) is 65.7 Å². The average Bonchev–Trinajstić information content (AvgIpc) is 2.83. The van der Waals surface area contributed by atoms with E-state index in [2.05, 4.69) is 10.6 Å². The third-order valence-corrected chi connectivity index (χ3v) is 7.92. The molecular formula is C29H36N2O4. The van der Waals surface area contributed by atoms with Crippen LogP contribution < -0.4 is 15.4 Å². The predicted molar refractivity (Wildman–Crippen MR) is 134 cm³/mol. The summed E-state index contributed by atoms with van der Waals surface area (Å²) < 4.78 is 11.3. The van der Waals surface area contributed by atoms with Crippen LogP contribution in [0.15, 0.2) is 54.6 Å². The van der Waals surface area contributed by atoms with E-state index in [9.17, 15) is 9.59 Å². The lowest BCUT2D eigenvalue weighted by atomic mass is 9.53. The van der Waals surface area contributed by atoms with E-state index in [0.717, 1.165) is 42.6 Å². The van der Waals surface area contributed by atoms with Gasteiger partial charge >= 0.3 is 12.0 Å². The number of ether oxygens (including phenoxy) is 2. The monoisotopic (exact) mass is 476 g/mol. The molecule has 0 saturated heterocycles. The Kier molecular flexibility index (Phi) is 6.98. The molecule has 2 aromatic rings. The third kappa shape index (κ3) is 5.63. The maximum absolute atomic E-state index is 12.9. The lowest BCUT2D eigenvalue weighted by Crippen LogP contribution is -2.61. The van der Waals surface area contributed by atoms with E-state index in [-0.39, 0.29) is 23.6 Å². The third-order valence-electron chi connectivity index (χ3n) is 7.92. The van der Waals surface area contributed by atoms with Gasteiger partial charge in [0.15, 0.2) is 0 Å². The molecule has 0 spiro atoms. The van der Waals surface area contributed by atoms with Gasteiger partial charge < -0.3 is 20.1 Å². The number of nitrogens with one attached hydrogen (secondary N) is 2. The van der Waals surface area contributed by atoms with Crippen molar-refractivity contribution in [2.24, 2.45) is 17.8 Å². The van der Waals surface area contributed by atoms with E-state index in [1.54, 1.807) is 31.2 Å². The Morgan fingerprint density at radius 1 is 0.943 bits per heavy atom. The van der Waals surface area contributed by atoms with Crippen LogP contribution in [0, 0.1) is 17.8 Å². The molecule has 6 rings (SSSR count). The van der Waals surface area contributed by atoms with Crippen LogP contribution in [-0.4, -0.2) is 30.7 Å². The smallest absolute Gasteiger partial charge is 0.338 e. The number of carbonyl (C=O) groups is 2. The van der Waals surface area contributed by atoms with Gasteiger partial charge in [-0.3, -0.25) is 0 Å². The molecule has 2 amide bonds. The first-order valence-corrected chi connectivity index (χ1v) is 13.1. The van der Waals surface area contributed by atoms with Crippen molar-refractivity contribution in [2.75, 3.05) is 13.2 Å². The number of rotatable bonds is 9. The Labute approximate surface area is 207 Å². The predicted octanol–water partition coefficient (Wildman–Crippen LogP) is 5.64. The van der Waals surface area contributed by atoms with Crippen LogP contribution in [0.4, 0.5) is 4.79 Å². The SMILES string of the molecule is CCOC(=O)c1ccc(O[C@H](CCNC(=O)NC23CC4CC(CC(C4)C2)C3)c2ccccc2)cc1. The van der Waals surface area contributed by atoms with Crippen molar-refractivity contribution in [3.63, 3.8) is 0 Å². The van der Waals surface area contributed by atoms with Crippen molar-refractivity contribution < 1.29 is 19.1 Å². The zero-order chi connectivity index (χ0) is 24.3. The minimum absolute atomic E-state index is 0.00877. The van der Waals surface area contributed by atoms with E-state index in [0.29, 0.717) is 30.9 Å². The van der Waals surface area contributed by atoms with Gasteiger partial charge in [-0.2, -0.15) is 0 Å². The van der Waals surface area contributed by atoms with Gasteiger partial charge in [-0.15, -0.1) is 0 Å². The highest BCUT2D eigenvalue weighted by atomic mass is 16.5. The summed E-state index contributed by atoms with van der Waals surface area (Å²) in [6.07, 6.45) is 7.93. The second-order valence-corrected chi connectivity index (χ2v) is 10.6. The van der Waals surface area contributed by atoms with Gasteiger partial charge in [0.25, 0.3) is 0 Å². The summed E-state index contributed by atoms with van der Waals surface area (Å²) in [6.45, 7) is 2.65. The van der Waals surface area contributed by atoms with Gasteiger partial charge in [0.1, 0.15) is 11.9 Å². The molecule has 2 aromatic carbocycles. The quantitative estimate of drug-likeness (QED) is 0.459. The minimum atomic E-state index is -0.340. The zero-order valence-corrected chi connectivity index (χ0v) is 20.5. The minimum Gasteiger partial charge on any atom is -0.486 e. The molecule has 0 aromatic heterocycles. The average molecular weight is 477 g/mol. The summed E-state index contributed by atoms with van der Waals surface area (Å²) in [4.78, 5) is 24.8. The number of urea groups is 1. The first-order valence-electron chi connectivity index (χ1n) is 13.1. The Balaban J connectivity index is 1.17. The lowest BCUT2D eigenvalue weighted by molar-refractivity contribution is -0.0135. The summed E-state index contributed by atoms with van der Waals surface area (Å²) in [5, 5.41) is 6.47. The number of carbonyl (C=O) groups excluding carboxylic acids is 2. The van der Waals surface area contributed by atoms with Crippen molar-refractivity contribution in [2.45, 2.75) is 63.5 Å². The van der Waals surface area contributed by atoms with Crippen LogP contribution >= 0.6 is 0 Å². The van der Waals surface area contributed by atoms with Crippen molar-refractivity contribution >= 4 is 12.0 Å². The second kappa shape index (κ2) is 10.3. The molecule has 35 heavy (non-hydrogen) atoms. The van der Waals surface area contributed by atoms with E-state index >= 15 is 0 Å². The van der Waals surface area contributed by atoms with Gasteiger partial charge in [-0.1, -0.05) is 30.3 Å². The van der Waals surface area contributed by atoms with Crippen LogP contribution in [0.3, 0.4) is 0 Å². The van der Waals surface area contributed by atoms with Gasteiger partial charge in [0.2, 0.25) is 0 Å². The van der Waals surface area contributed by atoms with E-state index in [4.69, 9.17) is 9.47 Å². The maximum atomic E-state index is 12.9. The number of hydrogen-bond acceptors (Lipinski definition) is 4. The van der Waals surface area contributed by atoms with Gasteiger partial charge in [0, 0.05) is 18.5 Å². The van der Waals surface area contributed by atoms with E-state index in [1.165, 1.54) is 19.3 Å². The highest BCUT2D eigenvalue weighted by Gasteiger charge is 2.51. The van der Waals surface area contributed by atoms with E-state index < -0.39 is 0 Å². The van der Waals surface area contributed by atoms with Crippen molar-refractivity contribution in [1.82, 2.24) is 10.6 Å². The number of benzene rings is 2. The van der Waals surface area contributed by atoms with Crippen LogP contribution in [0.2, 0.25) is 0 Å². The summed E-state index contributed by atoms with van der Waals surface area (Å²) in [7, 11) is 0. The van der Waals surface area contributed by atoms with Gasteiger partial charge in [-0.25, -0.2) is 9.59 Å². The number of amides is 2. The Bertz CT molecular complexity index is 985. The fraction of sp³-hybridized carbons (Fsp3) is 0.517. The molecule has 0 unspecified atom stereocenters. The maximum Gasteiger partial charge on any atom is 0.338 e. The fourth-order valence-corrected chi connectivity index (χ4v) is 6.88. The highest BCUT2D eigenvalue weighted by molar-refractivity contribution is 5.89. The second-order valence-electron chi connectivity index (χ2n) is 10.6. The molecule has 4 fully saturated rings. The topological polar surface area (TPSA) is 76.7 Å². The normalized spacial score (nSPS) is 27.2. The first kappa shape index (κ1) is 23.7.